The van der Waals surface area contributed by atoms with E-state index in [2.05, 4.69) is 154 Å². The van der Waals surface area contributed by atoms with Gasteiger partial charge < -0.3 is 0 Å². The van der Waals surface area contributed by atoms with E-state index in [9.17, 15) is 0 Å². The first-order valence-corrected chi connectivity index (χ1v) is 17.6. The van der Waals surface area contributed by atoms with Gasteiger partial charge in [-0.25, -0.2) is 4.98 Å². The zero-order chi connectivity index (χ0) is 32.5. The highest BCUT2D eigenvalue weighted by Crippen LogP contribution is 2.45. The van der Waals surface area contributed by atoms with E-state index in [0.717, 1.165) is 27.9 Å². The van der Waals surface area contributed by atoms with Crippen LogP contribution in [-0.2, 0) is 0 Å². The number of nitrogens with zero attached hydrogens (tertiary/aromatic N) is 3. The monoisotopic (exact) mass is 637 g/mol. The van der Waals surface area contributed by atoms with E-state index in [0.29, 0.717) is 11.8 Å². The van der Waals surface area contributed by atoms with Crippen molar-refractivity contribution in [1.29, 1.82) is 0 Å². The average molecular weight is 638 g/mol. The summed E-state index contributed by atoms with van der Waals surface area (Å²) in [4.78, 5) is 10.2. The smallest absolute Gasteiger partial charge is 0.147 e. The highest BCUT2D eigenvalue weighted by molar-refractivity contribution is 7.26. The minimum atomic E-state index is 0.311. The predicted octanol–water partition coefficient (Wildman–Crippen LogP) is 12.7. The zero-order valence-corrected chi connectivity index (χ0v) is 28.3. The van der Waals surface area contributed by atoms with E-state index in [1.54, 1.807) is 0 Å². The molecule has 3 nitrogen and oxygen atoms in total. The molecule has 0 aliphatic rings. The van der Waals surface area contributed by atoms with Crippen LogP contribution in [0.5, 0.6) is 0 Å². The van der Waals surface area contributed by atoms with Gasteiger partial charge in [0, 0.05) is 42.7 Å². The molecule has 4 heteroatoms. The van der Waals surface area contributed by atoms with Crippen LogP contribution in [0.4, 0.5) is 0 Å². The fourth-order valence-electron chi connectivity index (χ4n) is 7.38. The Morgan fingerprint density at radius 3 is 2.04 bits per heavy atom. The summed E-state index contributed by atoms with van der Waals surface area (Å²) in [5.41, 5.74) is 10.7. The molecule has 48 heavy (non-hydrogen) atoms. The van der Waals surface area contributed by atoms with Gasteiger partial charge in [0.1, 0.15) is 5.82 Å². The van der Waals surface area contributed by atoms with Crippen LogP contribution in [0, 0.1) is 0 Å². The van der Waals surface area contributed by atoms with E-state index >= 15 is 0 Å². The number of imidazole rings is 1. The largest absolute Gasteiger partial charge is 0.292 e. The van der Waals surface area contributed by atoms with Gasteiger partial charge in [0.25, 0.3) is 0 Å². The molecule has 0 unspecified atom stereocenters. The lowest BCUT2D eigenvalue weighted by Gasteiger charge is -2.24. The summed E-state index contributed by atoms with van der Waals surface area (Å²) in [6.45, 7) is 9.25. The Bertz CT molecular complexity index is 2650. The second-order valence-corrected chi connectivity index (χ2v) is 14.5. The number of rotatable bonds is 5. The lowest BCUT2D eigenvalue weighted by Crippen LogP contribution is -2.09. The Morgan fingerprint density at radius 2 is 1.27 bits per heavy atom. The second-order valence-electron chi connectivity index (χ2n) is 13.4. The first kappa shape index (κ1) is 28.9. The Labute approximate surface area is 284 Å². The number of hydrogen-bond donors (Lipinski definition) is 0. The first-order chi connectivity index (χ1) is 23.5. The minimum Gasteiger partial charge on any atom is -0.292 e. The molecule has 3 heterocycles. The molecule has 232 valence electrons. The number of pyridine rings is 1. The molecule has 0 radical (unpaired) electrons. The van der Waals surface area contributed by atoms with Crippen molar-refractivity contribution in [1.82, 2.24) is 14.5 Å². The van der Waals surface area contributed by atoms with Gasteiger partial charge in [0.15, 0.2) is 0 Å². The molecule has 0 fully saturated rings. The fraction of sp³-hybridized carbons (Fsp3) is 0.136. The summed E-state index contributed by atoms with van der Waals surface area (Å²) in [5, 5.41) is 6.13. The normalized spacial score (nSPS) is 12.1. The average Bonchev–Trinajstić information content (AvgIpc) is 3.68. The maximum atomic E-state index is 5.42. The number of fused-ring (bicyclic) bond motifs is 7. The van der Waals surface area contributed by atoms with Crippen molar-refractivity contribution in [3.05, 3.63) is 139 Å². The molecule has 0 aliphatic heterocycles. The van der Waals surface area contributed by atoms with Crippen LogP contribution in [-0.4, -0.2) is 14.5 Å². The lowest BCUT2D eigenvalue weighted by molar-refractivity contribution is 0.812. The summed E-state index contributed by atoms with van der Waals surface area (Å²) in [7, 11) is 0. The molecule has 3 aromatic heterocycles. The maximum Gasteiger partial charge on any atom is 0.147 e. The van der Waals surface area contributed by atoms with Crippen molar-refractivity contribution in [3.63, 3.8) is 0 Å². The van der Waals surface area contributed by atoms with Gasteiger partial charge >= 0.3 is 0 Å². The molecule has 0 amide bonds. The quantitative estimate of drug-likeness (QED) is 0.176. The molecule has 0 saturated carbocycles. The highest BCUT2D eigenvalue weighted by atomic mass is 32.1. The van der Waals surface area contributed by atoms with Crippen LogP contribution in [0.3, 0.4) is 0 Å². The number of para-hydroxylation sites is 3. The molecule has 0 saturated heterocycles. The summed E-state index contributed by atoms with van der Waals surface area (Å²) in [6.07, 6.45) is 2.02. The Hall–Kier alpha value is -5.32. The van der Waals surface area contributed by atoms with Crippen molar-refractivity contribution in [2.45, 2.75) is 39.5 Å². The van der Waals surface area contributed by atoms with Gasteiger partial charge in [-0.15, -0.1) is 11.3 Å². The minimum absolute atomic E-state index is 0.311. The van der Waals surface area contributed by atoms with Crippen LogP contribution in [0.15, 0.2) is 128 Å². The third kappa shape index (κ3) is 4.47. The predicted molar refractivity (Wildman–Crippen MR) is 206 cm³/mol. The molecule has 6 aromatic carbocycles. The van der Waals surface area contributed by atoms with E-state index < -0.39 is 0 Å². The summed E-state index contributed by atoms with van der Waals surface area (Å²) < 4.78 is 5.00. The number of benzene rings is 6. The zero-order valence-electron chi connectivity index (χ0n) is 27.5. The van der Waals surface area contributed by atoms with Crippen LogP contribution >= 0.6 is 11.3 Å². The standard InChI is InChI=1S/C44H35N3S/c1-26(2)34-21-29(28-13-6-5-7-14-28)22-35(27(3)4)42(34)47-40-20-11-10-19-39(40)46-44(47)33-17-12-16-32-37-23-30-25-45-38-18-9-8-15-31(38)36(30)24-41(37)48-43(32)33/h5-27H,1-4H3. The molecule has 9 aromatic rings. The van der Waals surface area contributed by atoms with Crippen LogP contribution in [0.25, 0.3) is 81.1 Å². The molecule has 0 spiro atoms. The number of thiophene rings is 1. The lowest BCUT2D eigenvalue weighted by atomic mass is 9.88. The summed E-state index contributed by atoms with van der Waals surface area (Å²) >= 11 is 1.87. The van der Waals surface area contributed by atoms with Crippen molar-refractivity contribution >= 4 is 64.2 Å². The third-order valence-corrected chi connectivity index (χ3v) is 11.0. The highest BCUT2D eigenvalue weighted by Gasteiger charge is 2.25. The van der Waals surface area contributed by atoms with E-state index in [1.165, 1.54) is 64.3 Å². The second kappa shape index (κ2) is 11.1. The van der Waals surface area contributed by atoms with Gasteiger partial charge in [0.05, 0.1) is 22.2 Å². The first-order valence-electron chi connectivity index (χ1n) is 16.8. The molecule has 0 atom stereocenters. The summed E-state index contributed by atoms with van der Waals surface area (Å²) in [5.74, 6) is 1.61. The van der Waals surface area contributed by atoms with Crippen LogP contribution in [0.2, 0.25) is 0 Å². The number of hydrogen-bond acceptors (Lipinski definition) is 3. The van der Waals surface area contributed by atoms with Gasteiger partial charge in [-0.2, -0.15) is 0 Å². The van der Waals surface area contributed by atoms with E-state index in [1.807, 2.05) is 17.5 Å². The van der Waals surface area contributed by atoms with Crippen molar-refractivity contribution in [3.8, 4) is 28.2 Å². The van der Waals surface area contributed by atoms with Crippen LogP contribution in [0.1, 0.15) is 50.7 Å². The van der Waals surface area contributed by atoms with Crippen molar-refractivity contribution in [2.75, 3.05) is 0 Å². The Morgan fingerprint density at radius 1 is 0.583 bits per heavy atom. The van der Waals surface area contributed by atoms with Crippen molar-refractivity contribution < 1.29 is 0 Å². The van der Waals surface area contributed by atoms with E-state index in [-0.39, 0.29) is 0 Å². The topological polar surface area (TPSA) is 30.7 Å². The Balaban J connectivity index is 1.35. The van der Waals surface area contributed by atoms with E-state index in [4.69, 9.17) is 9.97 Å². The van der Waals surface area contributed by atoms with Gasteiger partial charge in [0.2, 0.25) is 0 Å². The molecular weight excluding hydrogens is 603 g/mol. The van der Waals surface area contributed by atoms with Crippen molar-refractivity contribution in [2.24, 2.45) is 0 Å². The van der Waals surface area contributed by atoms with Gasteiger partial charge in [-0.1, -0.05) is 100 Å². The molecule has 9 rings (SSSR count). The van der Waals surface area contributed by atoms with Gasteiger partial charge in [-0.3, -0.25) is 9.55 Å². The molecular formula is C44H35N3S. The third-order valence-electron chi connectivity index (χ3n) is 9.75. The molecule has 0 aliphatic carbocycles. The molecule has 0 bridgehead atoms. The maximum absolute atomic E-state index is 5.42. The van der Waals surface area contributed by atoms with Gasteiger partial charge in [-0.05, 0) is 88.0 Å². The fourth-order valence-corrected chi connectivity index (χ4v) is 8.61. The molecule has 0 N–H and O–H groups in total. The SMILES string of the molecule is CC(C)c1cc(-c2ccccc2)cc(C(C)C)c1-n1c(-c2cccc3c2sc2cc4c(cnc5ccccc54)cc23)nc2ccccc21. The summed E-state index contributed by atoms with van der Waals surface area (Å²) in [6, 6.07) is 44.0. The van der Waals surface area contributed by atoms with Crippen LogP contribution < -0.4 is 0 Å². The number of aromatic nitrogens is 3. The Kier molecular flexibility index (Phi) is 6.70.